The SMILES string of the molecule is N#Cc1cc([N+](=O)[O-])cnc1C(F)(F)F. The fraction of sp³-hybridized carbons (Fsp3) is 0.143. The maximum absolute atomic E-state index is 12.2. The fourth-order valence-electron chi connectivity index (χ4n) is 0.865. The molecule has 1 rings (SSSR count). The molecule has 0 amide bonds. The molecule has 0 aliphatic heterocycles. The van der Waals surface area contributed by atoms with Gasteiger partial charge in [-0.2, -0.15) is 18.4 Å². The van der Waals surface area contributed by atoms with E-state index in [0.717, 1.165) is 0 Å². The molecule has 78 valence electrons. The fourth-order valence-corrected chi connectivity index (χ4v) is 0.865. The smallest absolute Gasteiger partial charge is 0.258 e. The van der Waals surface area contributed by atoms with Crippen LogP contribution in [-0.4, -0.2) is 9.91 Å². The van der Waals surface area contributed by atoms with E-state index in [1.165, 1.54) is 6.07 Å². The van der Waals surface area contributed by atoms with Crippen molar-refractivity contribution in [2.45, 2.75) is 6.18 Å². The molecule has 0 aliphatic rings. The van der Waals surface area contributed by atoms with Crippen LogP contribution < -0.4 is 0 Å². The van der Waals surface area contributed by atoms with Crippen molar-refractivity contribution in [1.29, 1.82) is 5.26 Å². The van der Waals surface area contributed by atoms with Gasteiger partial charge in [-0.3, -0.25) is 10.1 Å². The Balaban J connectivity index is 3.36. The van der Waals surface area contributed by atoms with Crippen molar-refractivity contribution in [3.63, 3.8) is 0 Å². The zero-order chi connectivity index (χ0) is 11.6. The zero-order valence-corrected chi connectivity index (χ0v) is 6.95. The Morgan fingerprint density at radius 2 is 2.13 bits per heavy atom. The Morgan fingerprint density at radius 1 is 1.53 bits per heavy atom. The lowest BCUT2D eigenvalue weighted by Gasteiger charge is -2.05. The second-order valence-electron chi connectivity index (χ2n) is 2.46. The third-order valence-electron chi connectivity index (χ3n) is 1.47. The molecule has 0 bridgehead atoms. The van der Waals surface area contributed by atoms with Gasteiger partial charge in [-0.1, -0.05) is 0 Å². The van der Waals surface area contributed by atoms with E-state index in [1.54, 1.807) is 0 Å². The number of pyridine rings is 1. The summed E-state index contributed by atoms with van der Waals surface area (Å²) in [5.41, 5.74) is -2.94. The van der Waals surface area contributed by atoms with Gasteiger partial charge in [0.05, 0.1) is 10.5 Å². The molecule has 0 radical (unpaired) electrons. The van der Waals surface area contributed by atoms with Crippen molar-refractivity contribution in [3.8, 4) is 6.07 Å². The van der Waals surface area contributed by atoms with Crippen LogP contribution in [0.3, 0.4) is 0 Å². The second kappa shape index (κ2) is 3.53. The minimum absolute atomic E-state index is 0.462. The Morgan fingerprint density at radius 3 is 2.53 bits per heavy atom. The highest BCUT2D eigenvalue weighted by Gasteiger charge is 2.36. The van der Waals surface area contributed by atoms with Crippen LogP contribution in [0.2, 0.25) is 0 Å². The van der Waals surface area contributed by atoms with E-state index in [9.17, 15) is 23.3 Å². The molecule has 1 heterocycles. The average Bonchev–Trinajstić information content (AvgIpc) is 2.15. The van der Waals surface area contributed by atoms with Crippen LogP contribution in [0.15, 0.2) is 12.3 Å². The molecule has 0 unspecified atom stereocenters. The number of nitriles is 1. The largest absolute Gasteiger partial charge is 0.434 e. The maximum Gasteiger partial charge on any atom is 0.434 e. The predicted molar refractivity (Wildman–Crippen MR) is 40.6 cm³/mol. The minimum atomic E-state index is -4.79. The van der Waals surface area contributed by atoms with Crippen molar-refractivity contribution in [3.05, 3.63) is 33.6 Å². The molecule has 15 heavy (non-hydrogen) atoms. The van der Waals surface area contributed by atoms with Crippen LogP contribution in [-0.2, 0) is 6.18 Å². The molecule has 0 spiro atoms. The number of alkyl halides is 3. The van der Waals surface area contributed by atoms with Gasteiger partial charge < -0.3 is 0 Å². The molecule has 1 aromatic heterocycles. The van der Waals surface area contributed by atoms with Crippen molar-refractivity contribution in [1.82, 2.24) is 4.98 Å². The Hall–Kier alpha value is -2.17. The van der Waals surface area contributed by atoms with Gasteiger partial charge >= 0.3 is 6.18 Å². The van der Waals surface area contributed by atoms with Gasteiger partial charge in [0, 0.05) is 6.07 Å². The summed E-state index contributed by atoms with van der Waals surface area (Å²) in [6.07, 6.45) is -4.33. The van der Waals surface area contributed by atoms with E-state index in [2.05, 4.69) is 4.98 Å². The molecule has 1 aromatic rings. The van der Waals surface area contributed by atoms with E-state index in [1.807, 2.05) is 0 Å². The molecule has 0 saturated heterocycles. The van der Waals surface area contributed by atoms with Crippen LogP contribution in [0.4, 0.5) is 18.9 Å². The van der Waals surface area contributed by atoms with E-state index < -0.39 is 28.0 Å². The molecule has 0 aliphatic carbocycles. The summed E-state index contributed by atoms with van der Waals surface area (Å²) in [5.74, 6) is 0. The summed E-state index contributed by atoms with van der Waals surface area (Å²) in [5, 5.41) is 18.6. The molecular formula is C7H2F3N3O2. The highest BCUT2D eigenvalue weighted by atomic mass is 19.4. The number of halogens is 3. The van der Waals surface area contributed by atoms with Crippen LogP contribution in [0, 0.1) is 21.4 Å². The molecular weight excluding hydrogens is 215 g/mol. The highest BCUT2D eigenvalue weighted by Crippen LogP contribution is 2.31. The molecule has 8 heteroatoms. The van der Waals surface area contributed by atoms with Gasteiger partial charge in [0.25, 0.3) is 5.69 Å². The van der Waals surface area contributed by atoms with E-state index in [0.29, 0.717) is 12.3 Å². The lowest BCUT2D eigenvalue weighted by Crippen LogP contribution is -2.11. The lowest BCUT2D eigenvalue weighted by atomic mass is 10.2. The molecule has 0 atom stereocenters. The first kappa shape index (κ1) is 10.9. The number of rotatable bonds is 1. The van der Waals surface area contributed by atoms with E-state index in [-0.39, 0.29) is 0 Å². The van der Waals surface area contributed by atoms with Crippen molar-refractivity contribution >= 4 is 5.69 Å². The topological polar surface area (TPSA) is 79.8 Å². The zero-order valence-electron chi connectivity index (χ0n) is 6.95. The monoisotopic (exact) mass is 217 g/mol. The standard InChI is InChI=1S/C7H2F3N3O2/c8-7(9,10)6-4(2-11)1-5(3-12-6)13(14)15/h1,3H. The summed E-state index contributed by atoms with van der Waals surface area (Å²) >= 11 is 0. The van der Waals surface area contributed by atoms with Gasteiger partial charge in [0.1, 0.15) is 12.3 Å². The predicted octanol–water partition coefficient (Wildman–Crippen LogP) is 1.88. The Kier molecular flexibility index (Phi) is 2.57. The van der Waals surface area contributed by atoms with Crippen LogP contribution in [0.5, 0.6) is 0 Å². The van der Waals surface area contributed by atoms with Crippen molar-refractivity contribution in [2.24, 2.45) is 0 Å². The van der Waals surface area contributed by atoms with Crippen molar-refractivity contribution < 1.29 is 18.1 Å². The van der Waals surface area contributed by atoms with E-state index in [4.69, 9.17) is 5.26 Å². The molecule has 0 aromatic carbocycles. The first-order valence-corrected chi connectivity index (χ1v) is 3.48. The Bertz CT molecular complexity index is 450. The van der Waals surface area contributed by atoms with Crippen LogP contribution >= 0.6 is 0 Å². The molecule has 0 N–H and O–H groups in total. The number of nitrogens with zero attached hydrogens (tertiary/aromatic N) is 3. The summed E-state index contributed by atoms with van der Waals surface area (Å²) in [7, 11) is 0. The first-order chi connectivity index (χ1) is 6.86. The molecule has 5 nitrogen and oxygen atoms in total. The molecule has 0 saturated carbocycles. The van der Waals surface area contributed by atoms with Gasteiger partial charge in [0.2, 0.25) is 0 Å². The Labute approximate surface area is 80.9 Å². The summed E-state index contributed by atoms with van der Waals surface area (Å²) < 4.78 is 36.6. The number of hydrogen-bond donors (Lipinski definition) is 0. The number of hydrogen-bond acceptors (Lipinski definition) is 4. The van der Waals surface area contributed by atoms with Crippen molar-refractivity contribution in [2.75, 3.05) is 0 Å². The third-order valence-corrected chi connectivity index (χ3v) is 1.47. The minimum Gasteiger partial charge on any atom is -0.258 e. The van der Waals surface area contributed by atoms with Crippen LogP contribution in [0.1, 0.15) is 11.3 Å². The van der Waals surface area contributed by atoms with Gasteiger partial charge in [-0.05, 0) is 0 Å². The van der Waals surface area contributed by atoms with Gasteiger partial charge in [-0.15, -0.1) is 0 Å². The summed E-state index contributed by atoms with van der Waals surface area (Å²) in [6.45, 7) is 0. The molecule has 0 fully saturated rings. The van der Waals surface area contributed by atoms with Gasteiger partial charge in [0.15, 0.2) is 5.69 Å². The lowest BCUT2D eigenvalue weighted by molar-refractivity contribution is -0.385. The van der Waals surface area contributed by atoms with Gasteiger partial charge in [-0.25, -0.2) is 4.98 Å². The normalized spacial score (nSPS) is 10.8. The number of nitro groups is 1. The van der Waals surface area contributed by atoms with Crippen LogP contribution in [0.25, 0.3) is 0 Å². The third kappa shape index (κ3) is 2.19. The van der Waals surface area contributed by atoms with E-state index >= 15 is 0 Å². The number of aromatic nitrogens is 1. The second-order valence-corrected chi connectivity index (χ2v) is 2.46. The quantitative estimate of drug-likeness (QED) is 0.531. The summed E-state index contributed by atoms with van der Waals surface area (Å²) in [6, 6.07) is 1.75. The average molecular weight is 217 g/mol. The summed E-state index contributed by atoms with van der Waals surface area (Å²) in [4.78, 5) is 12.1. The highest BCUT2D eigenvalue weighted by molar-refractivity contribution is 5.42. The first-order valence-electron chi connectivity index (χ1n) is 3.48. The maximum atomic E-state index is 12.2.